The highest BCUT2D eigenvalue weighted by atomic mass is 16.2. The first-order valence-corrected chi connectivity index (χ1v) is 9.93. The minimum Gasteiger partial charge on any atom is -0.353 e. The monoisotopic (exact) mass is 393 g/mol. The molecule has 4 nitrogen and oxygen atoms in total. The lowest BCUT2D eigenvalue weighted by molar-refractivity contribution is -0.120. The Bertz CT molecular complexity index is 1170. The van der Waals surface area contributed by atoms with Crippen molar-refractivity contribution in [1.29, 1.82) is 0 Å². The molecule has 146 valence electrons. The summed E-state index contributed by atoms with van der Waals surface area (Å²) in [7, 11) is 0. The Balaban J connectivity index is 1.63. The molecule has 30 heavy (non-hydrogen) atoms. The van der Waals surface area contributed by atoms with Gasteiger partial charge in [0.05, 0.1) is 6.04 Å². The molecule has 5 rings (SSSR count). The third-order valence-electron chi connectivity index (χ3n) is 5.90. The molecule has 2 aliphatic heterocycles. The number of Topliss-reactive ketones (excluding diaryl/α,β-unsaturated/α-hetero) is 3. The predicted molar refractivity (Wildman–Crippen MR) is 114 cm³/mol. The van der Waals surface area contributed by atoms with Gasteiger partial charge in [-0.15, -0.1) is 0 Å². The molecule has 0 N–H and O–H groups in total. The maximum Gasteiger partial charge on any atom is 0.192 e. The van der Waals surface area contributed by atoms with Gasteiger partial charge in [0, 0.05) is 17.3 Å². The highest BCUT2D eigenvalue weighted by Gasteiger charge is 2.54. The van der Waals surface area contributed by atoms with Crippen LogP contribution in [0.5, 0.6) is 0 Å². The van der Waals surface area contributed by atoms with Gasteiger partial charge in [0.2, 0.25) is 0 Å². The number of fused-ring (bicyclic) bond motifs is 3. The summed E-state index contributed by atoms with van der Waals surface area (Å²) in [4.78, 5) is 42.1. The van der Waals surface area contributed by atoms with E-state index in [1.807, 2.05) is 42.5 Å². The number of hydrogen-bond acceptors (Lipinski definition) is 4. The Labute approximate surface area is 174 Å². The highest BCUT2D eigenvalue weighted by Crippen LogP contribution is 2.45. The zero-order chi connectivity index (χ0) is 20.7. The number of ketones is 3. The smallest absolute Gasteiger partial charge is 0.192 e. The van der Waals surface area contributed by atoms with E-state index in [4.69, 9.17) is 0 Å². The average molecular weight is 393 g/mol. The van der Waals surface area contributed by atoms with Crippen molar-refractivity contribution in [2.45, 2.75) is 12.1 Å². The van der Waals surface area contributed by atoms with E-state index in [1.165, 1.54) is 0 Å². The lowest BCUT2D eigenvalue weighted by Crippen LogP contribution is -2.38. The van der Waals surface area contributed by atoms with Crippen molar-refractivity contribution in [2.24, 2.45) is 5.92 Å². The molecule has 1 fully saturated rings. The van der Waals surface area contributed by atoms with E-state index >= 15 is 0 Å². The third-order valence-corrected chi connectivity index (χ3v) is 5.90. The fraction of sp³-hybridized carbons (Fsp3) is 0.115. The van der Waals surface area contributed by atoms with Crippen LogP contribution in [0.3, 0.4) is 0 Å². The second-order valence-electron chi connectivity index (χ2n) is 7.58. The largest absolute Gasteiger partial charge is 0.353 e. The molecule has 4 heteroatoms. The summed E-state index contributed by atoms with van der Waals surface area (Å²) in [6, 6.07) is 23.8. The minimum absolute atomic E-state index is 0.246. The molecule has 2 heterocycles. The summed E-state index contributed by atoms with van der Waals surface area (Å²) in [5.74, 6) is -1.80. The summed E-state index contributed by atoms with van der Waals surface area (Å²) in [5.41, 5.74) is 2.81. The molecule has 0 saturated carbocycles. The van der Waals surface area contributed by atoms with Crippen molar-refractivity contribution >= 4 is 23.4 Å². The molecule has 0 bridgehead atoms. The van der Waals surface area contributed by atoms with E-state index in [0.717, 1.165) is 11.1 Å². The van der Waals surface area contributed by atoms with Crippen molar-refractivity contribution in [1.82, 2.24) is 4.90 Å². The van der Waals surface area contributed by atoms with Crippen molar-refractivity contribution < 1.29 is 14.4 Å². The molecule has 0 amide bonds. The molecule has 2 aliphatic rings. The van der Waals surface area contributed by atoms with E-state index < -0.39 is 18.0 Å². The van der Waals surface area contributed by atoms with E-state index in [1.54, 1.807) is 59.6 Å². The fourth-order valence-corrected chi connectivity index (χ4v) is 4.50. The number of hydrogen-bond donors (Lipinski definition) is 0. The number of benzene rings is 3. The Morgan fingerprint density at radius 3 is 1.93 bits per heavy atom. The summed E-state index contributed by atoms with van der Waals surface area (Å²) in [6.07, 6.45) is 3.69. The van der Waals surface area contributed by atoms with Gasteiger partial charge in [-0.2, -0.15) is 0 Å². The van der Waals surface area contributed by atoms with Gasteiger partial charge >= 0.3 is 0 Å². The van der Waals surface area contributed by atoms with Gasteiger partial charge in [-0.1, -0.05) is 84.9 Å². The van der Waals surface area contributed by atoms with Crippen LogP contribution in [0.2, 0.25) is 0 Å². The lowest BCUT2D eigenvalue weighted by atomic mass is 9.83. The topological polar surface area (TPSA) is 54.5 Å². The van der Waals surface area contributed by atoms with Crippen LogP contribution < -0.4 is 0 Å². The first kappa shape index (κ1) is 18.3. The SMILES string of the molecule is O=C(c1ccccc1)C1C(=O)C(C(=O)c2ccccc2)N2C=Cc3ccccc3C12. The number of carbonyl (C=O) groups excluding carboxylic acids is 3. The van der Waals surface area contributed by atoms with E-state index in [9.17, 15) is 14.4 Å². The van der Waals surface area contributed by atoms with E-state index in [-0.39, 0.29) is 17.3 Å². The van der Waals surface area contributed by atoms with Crippen LogP contribution >= 0.6 is 0 Å². The van der Waals surface area contributed by atoms with Gasteiger partial charge < -0.3 is 4.90 Å². The van der Waals surface area contributed by atoms with Crippen LogP contribution in [-0.2, 0) is 4.79 Å². The average Bonchev–Trinajstić information content (AvgIpc) is 3.11. The van der Waals surface area contributed by atoms with Crippen LogP contribution in [0.4, 0.5) is 0 Å². The molecule has 0 aliphatic carbocycles. The van der Waals surface area contributed by atoms with Gasteiger partial charge in [-0.3, -0.25) is 14.4 Å². The van der Waals surface area contributed by atoms with E-state index in [0.29, 0.717) is 11.1 Å². The third kappa shape index (κ3) is 2.80. The Kier molecular flexibility index (Phi) is 4.40. The van der Waals surface area contributed by atoms with Crippen LogP contribution in [0.1, 0.15) is 37.9 Å². The molecule has 3 aromatic carbocycles. The Hall–Kier alpha value is -3.79. The first-order chi connectivity index (χ1) is 14.7. The maximum absolute atomic E-state index is 13.6. The zero-order valence-corrected chi connectivity index (χ0v) is 16.1. The van der Waals surface area contributed by atoms with Crippen LogP contribution in [0.25, 0.3) is 6.08 Å². The maximum atomic E-state index is 13.6. The predicted octanol–water partition coefficient (Wildman–Crippen LogP) is 4.35. The van der Waals surface area contributed by atoms with E-state index in [2.05, 4.69) is 0 Å². The van der Waals surface area contributed by atoms with Crippen LogP contribution in [0.15, 0.2) is 91.1 Å². The molecule has 1 saturated heterocycles. The second-order valence-corrected chi connectivity index (χ2v) is 7.58. The number of nitrogens with zero attached hydrogens (tertiary/aromatic N) is 1. The molecule has 0 spiro atoms. The molecular formula is C26H19NO3. The van der Waals surface area contributed by atoms with Gasteiger partial charge in [0.25, 0.3) is 0 Å². The summed E-state index contributed by atoms with van der Waals surface area (Å²) in [6.45, 7) is 0. The van der Waals surface area contributed by atoms with Crippen LogP contribution in [0, 0.1) is 5.92 Å². The summed E-state index contributed by atoms with van der Waals surface area (Å²) in [5, 5.41) is 0. The fourth-order valence-electron chi connectivity index (χ4n) is 4.50. The Morgan fingerprint density at radius 1 is 0.700 bits per heavy atom. The van der Waals surface area contributed by atoms with Crippen molar-refractivity contribution in [3.05, 3.63) is 113 Å². The van der Waals surface area contributed by atoms with Crippen molar-refractivity contribution in [2.75, 3.05) is 0 Å². The van der Waals surface area contributed by atoms with Gasteiger partial charge in [0.1, 0.15) is 5.92 Å². The normalized spacial score (nSPS) is 21.8. The molecule has 3 unspecified atom stereocenters. The number of carbonyl (C=O) groups is 3. The zero-order valence-electron chi connectivity index (χ0n) is 16.1. The number of rotatable bonds is 4. The quantitative estimate of drug-likeness (QED) is 0.489. The van der Waals surface area contributed by atoms with Crippen molar-refractivity contribution in [3.63, 3.8) is 0 Å². The Morgan fingerprint density at radius 2 is 1.27 bits per heavy atom. The molecule has 3 atom stereocenters. The lowest BCUT2D eigenvalue weighted by Gasteiger charge is -2.32. The summed E-state index contributed by atoms with van der Waals surface area (Å²) < 4.78 is 0. The van der Waals surface area contributed by atoms with Gasteiger partial charge in [-0.25, -0.2) is 0 Å². The minimum atomic E-state index is -1.01. The standard InChI is InChI=1S/C26H19NO3/c28-24(18-10-3-1-4-11-18)21-22-20-14-8-7-9-17(20)15-16-27(22)23(26(21)30)25(29)19-12-5-2-6-13-19/h1-16,21-23H. The van der Waals surface area contributed by atoms with Crippen LogP contribution in [-0.4, -0.2) is 28.3 Å². The molecular weight excluding hydrogens is 374 g/mol. The summed E-state index contributed by atoms with van der Waals surface area (Å²) >= 11 is 0. The first-order valence-electron chi connectivity index (χ1n) is 9.93. The van der Waals surface area contributed by atoms with Crippen molar-refractivity contribution in [3.8, 4) is 0 Å². The van der Waals surface area contributed by atoms with Gasteiger partial charge in [-0.05, 0) is 17.2 Å². The molecule has 0 radical (unpaired) electrons. The van der Waals surface area contributed by atoms with Gasteiger partial charge in [0.15, 0.2) is 23.4 Å². The molecule has 0 aromatic heterocycles. The molecule has 3 aromatic rings. The highest BCUT2D eigenvalue weighted by molar-refractivity contribution is 6.23. The second kappa shape index (κ2) is 7.23.